The Bertz CT molecular complexity index is 415. The topological polar surface area (TPSA) is 46.3 Å². The van der Waals surface area contributed by atoms with Crippen LogP contribution in [0.2, 0.25) is 0 Å². The highest BCUT2D eigenvalue weighted by Crippen LogP contribution is 2.29. The van der Waals surface area contributed by atoms with Crippen LogP contribution in [-0.2, 0) is 0 Å². The molecule has 0 atom stereocenters. The molecule has 16 heavy (non-hydrogen) atoms. The van der Waals surface area contributed by atoms with Gasteiger partial charge in [-0.05, 0) is 37.0 Å². The lowest BCUT2D eigenvalue weighted by molar-refractivity contribution is 0.0784. The van der Waals surface area contributed by atoms with Crippen molar-refractivity contribution >= 4 is 11.6 Å². The van der Waals surface area contributed by atoms with E-state index in [1.54, 1.807) is 11.9 Å². The zero-order chi connectivity index (χ0) is 11.7. The summed E-state index contributed by atoms with van der Waals surface area (Å²) in [5.74, 6) is -0.211. The number of hydrogen-bond acceptors (Lipinski definition) is 2. The van der Waals surface area contributed by atoms with Crippen LogP contribution >= 0.6 is 0 Å². The third kappa shape index (κ3) is 2.32. The lowest BCUT2D eigenvalue weighted by Gasteiger charge is -2.17. The summed E-state index contributed by atoms with van der Waals surface area (Å²) in [6.07, 6.45) is 2.33. The number of benzene rings is 1. The van der Waals surface area contributed by atoms with Gasteiger partial charge in [0, 0.05) is 19.3 Å². The predicted octanol–water partition coefficient (Wildman–Crippen LogP) is 1.89. The molecule has 86 valence electrons. The molecule has 1 aromatic carbocycles. The van der Waals surface area contributed by atoms with Gasteiger partial charge in [0.1, 0.15) is 5.82 Å². The second-order valence-corrected chi connectivity index (χ2v) is 4.37. The molecule has 1 aliphatic carbocycles. The highest BCUT2D eigenvalue weighted by Gasteiger charge is 2.26. The first-order valence-electron chi connectivity index (χ1n) is 5.38. The van der Waals surface area contributed by atoms with Crippen molar-refractivity contribution < 1.29 is 9.18 Å². The van der Waals surface area contributed by atoms with Crippen LogP contribution in [0.25, 0.3) is 0 Å². The molecule has 2 N–H and O–H groups in total. The third-order valence-electron chi connectivity index (χ3n) is 2.80. The minimum absolute atomic E-state index is 0.0585. The van der Waals surface area contributed by atoms with Crippen LogP contribution in [0.4, 0.5) is 10.1 Å². The zero-order valence-corrected chi connectivity index (χ0v) is 9.24. The molecule has 0 aromatic heterocycles. The highest BCUT2D eigenvalue weighted by atomic mass is 19.1. The van der Waals surface area contributed by atoms with Gasteiger partial charge in [-0.2, -0.15) is 0 Å². The number of amides is 1. The summed E-state index contributed by atoms with van der Waals surface area (Å²) in [7, 11) is 1.70. The third-order valence-corrected chi connectivity index (χ3v) is 2.80. The van der Waals surface area contributed by atoms with Crippen LogP contribution < -0.4 is 5.73 Å². The lowest BCUT2D eigenvalue weighted by atomic mass is 10.1. The van der Waals surface area contributed by atoms with Gasteiger partial charge in [0.25, 0.3) is 5.91 Å². The van der Waals surface area contributed by atoms with Gasteiger partial charge in [0.05, 0.1) is 5.56 Å². The van der Waals surface area contributed by atoms with Crippen LogP contribution in [0.1, 0.15) is 23.2 Å². The van der Waals surface area contributed by atoms with Crippen molar-refractivity contribution in [2.24, 2.45) is 5.92 Å². The Morgan fingerprint density at radius 3 is 2.88 bits per heavy atom. The first kappa shape index (κ1) is 10.9. The Morgan fingerprint density at radius 1 is 1.56 bits per heavy atom. The number of hydrogen-bond donors (Lipinski definition) is 1. The molecule has 1 aliphatic rings. The summed E-state index contributed by atoms with van der Waals surface area (Å²) in [5.41, 5.74) is 6.01. The van der Waals surface area contributed by atoms with Gasteiger partial charge in [-0.1, -0.05) is 0 Å². The quantitative estimate of drug-likeness (QED) is 0.794. The van der Waals surface area contributed by atoms with E-state index < -0.39 is 5.82 Å². The van der Waals surface area contributed by atoms with E-state index in [0.29, 0.717) is 18.2 Å². The highest BCUT2D eigenvalue weighted by molar-refractivity contribution is 5.95. The number of nitrogens with zero attached hydrogens (tertiary/aromatic N) is 1. The zero-order valence-electron chi connectivity index (χ0n) is 9.24. The molecule has 0 aliphatic heterocycles. The molecule has 0 spiro atoms. The van der Waals surface area contributed by atoms with Gasteiger partial charge in [-0.25, -0.2) is 4.39 Å². The summed E-state index contributed by atoms with van der Waals surface area (Å²) in [4.78, 5) is 13.5. The number of nitrogen functional groups attached to an aromatic ring is 1. The minimum Gasteiger partial charge on any atom is -0.399 e. The standard InChI is InChI=1S/C12H15FN2O/c1-15(7-8-2-3-8)12(16)10-6-9(14)4-5-11(10)13/h4-6,8H,2-3,7,14H2,1H3. The summed E-state index contributed by atoms with van der Waals surface area (Å²) in [6, 6.07) is 4.07. The van der Waals surface area contributed by atoms with E-state index >= 15 is 0 Å². The Balaban J connectivity index is 2.14. The normalized spacial score (nSPS) is 14.9. The number of anilines is 1. The average Bonchev–Trinajstić information content (AvgIpc) is 3.04. The van der Waals surface area contributed by atoms with E-state index in [0.717, 1.165) is 12.8 Å². The second kappa shape index (κ2) is 4.12. The van der Waals surface area contributed by atoms with E-state index in [2.05, 4.69) is 0 Å². The summed E-state index contributed by atoms with van der Waals surface area (Å²) in [6.45, 7) is 0.701. The lowest BCUT2D eigenvalue weighted by Crippen LogP contribution is -2.29. The van der Waals surface area contributed by atoms with Crippen molar-refractivity contribution in [3.05, 3.63) is 29.6 Å². The van der Waals surface area contributed by atoms with Gasteiger partial charge < -0.3 is 10.6 Å². The van der Waals surface area contributed by atoms with Crippen molar-refractivity contribution in [2.75, 3.05) is 19.3 Å². The SMILES string of the molecule is CN(CC1CC1)C(=O)c1cc(N)ccc1F. The molecular weight excluding hydrogens is 207 g/mol. The molecule has 1 aromatic rings. The largest absolute Gasteiger partial charge is 0.399 e. The first-order valence-corrected chi connectivity index (χ1v) is 5.38. The fraction of sp³-hybridized carbons (Fsp3) is 0.417. The Morgan fingerprint density at radius 2 is 2.25 bits per heavy atom. The molecule has 1 saturated carbocycles. The smallest absolute Gasteiger partial charge is 0.256 e. The maximum absolute atomic E-state index is 13.4. The molecule has 0 saturated heterocycles. The molecule has 0 radical (unpaired) electrons. The fourth-order valence-electron chi connectivity index (χ4n) is 1.68. The van der Waals surface area contributed by atoms with E-state index in [1.165, 1.54) is 18.2 Å². The van der Waals surface area contributed by atoms with Crippen molar-refractivity contribution in [3.63, 3.8) is 0 Å². The molecule has 1 fully saturated rings. The fourth-order valence-corrected chi connectivity index (χ4v) is 1.68. The number of carbonyl (C=O) groups excluding carboxylic acids is 1. The maximum atomic E-state index is 13.4. The predicted molar refractivity (Wildman–Crippen MR) is 60.5 cm³/mol. The van der Waals surface area contributed by atoms with Crippen LogP contribution in [0, 0.1) is 11.7 Å². The molecule has 0 heterocycles. The van der Waals surface area contributed by atoms with Crippen molar-refractivity contribution in [3.8, 4) is 0 Å². The van der Waals surface area contributed by atoms with E-state index in [4.69, 9.17) is 5.73 Å². The number of halogens is 1. The van der Waals surface area contributed by atoms with Gasteiger partial charge in [-0.15, -0.1) is 0 Å². The molecule has 2 rings (SSSR count). The van der Waals surface area contributed by atoms with Gasteiger partial charge in [0.2, 0.25) is 0 Å². The van der Waals surface area contributed by atoms with Gasteiger partial charge in [-0.3, -0.25) is 4.79 Å². The van der Waals surface area contributed by atoms with E-state index in [-0.39, 0.29) is 11.5 Å². The minimum atomic E-state index is -0.512. The Hall–Kier alpha value is -1.58. The van der Waals surface area contributed by atoms with Crippen molar-refractivity contribution in [1.82, 2.24) is 4.90 Å². The van der Waals surface area contributed by atoms with Crippen LogP contribution in [0.15, 0.2) is 18.2 Å². The average molecular weight is 222 g/mol. The second-order valence-electron chi connectivity index (χ2n) is 4.37. The van der Waals surface area contributed by atoms with Gasteiger partial charge in [0.15, 0.2) is 0 Å². The van der Waals surface area contributed by atoms with Gasteiger partial charge >= 0.3 is 0 Å². The number of rotatable bonds is 3. The molecule has 0 bridgehead atoms. The van der Waals surface area contributed by atoms with Crippen LogP contribution in [0.3, 0.4) is 0 Å². The Labute approximate surface area is 94.0 Å². The van der Waals surface area contributed by atoms with E-state index in [1.807, 2.05) is 0 Å². The Kier molecular flexibility index (Phi) is 2.81. The first-order chi connectivity index (χ1) is 7.58. The number of carbonyl (C=O) groups is 1. The molecule has 3 nitrogen and oxygen atoms in total. The summed E-state index contributed by atoms with van der Waals surface area (Å²) < 4.78 is 13.4. The van der Waals surface area contributed by atoms with E-state index in [9.17, 15) is 9.18 Å². The summed E-state index contributed by atoms with van der Waals surface area (Å²) in [5, 5.41) is 0. The molecule has 1 amide bonds. The van der Waals surface area contributed by atoms with Crippen LogP contribution in [0.5, 0.6) is 0 Å². The number of nitrogens with two attached hydrogens (primary N) is 1. The summed E-state index contributed by atoms with van der Waals surface area (Å²) >= 11 is 0. The maximum Gasteiger partial charge on any atom is 0.256 e. The van der Waals surface area contributed by atoms with Crippen molar-refractivity contribution in [2.45, 2.75) is 12.8 Å². The monoisotopic (exact) mass is 222 g/mol. The van der Waals surface area contributed by atoms with Crippen molar-refractivity contribution in [1.29, 1.82) is 0 Å². The molecule has 4 heteroatoms. The molecular formula is C12H15FN2O. The molecule has 0 unspecified atom stereocenters. The van der Waals surface area contributed by atoms with Crippen LogP contribution in [-0.4, -0.2) is 24.4 Å².